The van der Waals surface area contributed by atoms with Crippen LogP contribution in [0.3, 0.4) is 0 Å². The van der Waals surface area contributed by atoms with E-state index in [0.717, 1.165) is 17.8 Å². The Morgan fingerprint density at radius 2 is 1.74 bits per heavy atom. The van der Waals surface area contributed by atoms with E-state index < -0.39 is 0 Å². The van der Waals surface area contributed by atoms with Crippen molar-refractivity contribution in [1.82, 2.24) is 5.32 Å². The van der Waals surface area contributed by atoms with Crippen LogP contribution in [0.2, 0.25) is 0 Å². The van der Waals surface area contributed by atoms with E-state index >= 15 is 0 Å². The predicted octanol–water partition coefficient (Wildman–Crippen LogP) is 3.61. The number of fused-ring (bicyclic) bond motifs is 1. The summed E-state index contributed by atoms with van der Waals surface area (Å²) in [4.78, 5) is 12.5. The highest BCUT2D eigenvalue weighted by Crippen LogP contribution is 2.62. The zero-order valence-corrected chi connectivity index (χ0v) is 12.7. The lowest BCUT2D eigenvalue weighted by molar-refractivity contribution is -0.123. The Morgan fingerprint density at radius 3 is 2.37 bits per heavy atom. The highest BCUT2D eigenvalue weighted by Gasteiger charge is 2.61. The maximum atomic E-state index is 12.5. The van der Waals surface area contributed by atoms with Gasteiger partial charge in [-0.2, -0.15) is 0 Å². The zero-order valence-electron chi connectivity index (χ0n) is 12.7. The molecule has 1 N–H and O–H groups in total. The molecular weight excluding hydrogens is 234 g/mol. The molecule has 0 aromatic rings. The smallest absolute Gasteiger partial charge is 0.223 e. The number of rotatable bonds is 3. The Morgan fingerprint density at radius 1 is 1.05 bits per heavy atom. The van der Waals surface area contributed by atoms with Crippen LogP contribution in [0.5, 0.6) is 0 Å². The first-order valence-corrected chi connectivity index (χ1v) is 8.40. The van der Waals surface area contributed by atoms with Gasteiger partial charge in [-0.25, -0.2) is 0 Å². The van der Waals surface area contributed by atoms with Crippen molar-refractivity contribution in [2.75, 3.05) is 0 Å². The molecule has 0 aliphatic heterocycles. The molecule has 0 aromatic heterocycles. The monoisotopic (exact) mass is 263 g/mol. The molecule has 3 fully saturated rings. The van der Waals surface area contributed by atoms with Gasteiger partial charge in [-0.15, -0.1) is 0 Å². The van der Waals surface area contributed by atoms with Crippen LogP contribution < -0.4 is 5.32 Å². The molecule has 0 aromatic carbocycles. The largest absolute Gasteiger partial charge is 0.353 e. The Balaban J connectivity index is 1.63. The molecule has 108 valence electrons. The van der Waals surface area contributed by atoms with Crippen molar-refractivity contribution in [2.24, 2.45) is 35.5 Å². The highest BCUT2D eigenvalue weighted by molar-refractivity contribution is 5.82. The predicted molar refractivity (Wildman–Crippen MR) is 77.6 cm³/mol. The highest BCUT2D eigenvalue weighted by atomic mass is 16.2. The van der Waals surface area contributed by atoms with Gasteiger partial charge in [0.2, 0.25) is 5.91 Å². The Bertz CT molecular complexity index is 345. The summed E-state index contributed by atoms with van der Waals surface area (Å²) in [6, 6.07) is 0.489. The molecule has 0 heterocycles. The molecule has 5 atom stereocenters. The number of carbonyl (C=O) groups is 1. The maximum Gasteiger partial charge on any atom is 0.223 e. The van der Waals surface area contributed by atoms with Crippen molar-refractivity contribution in [2.45, 2.75) is 65.3 Å². The second kappa shape index (κ2) is 5.10. The second-order valence-corrected chi connectivity index (χ2v) is 7.63. The Kier molecular flexibility index (Phi) is 3.61. The average Bonchev–Trinajstić information content (AvgIpc) is 2.91. The zero-order chi connectivity index (χ0) is 13.6. The third-order valence-electron chi connectivity index (χ3n) is 6.10. The van der Waals surface area contributed by atoms with E-state index in [0.29, 0.717) is 29.7 Å². The van der Waals surface area contributed by atoms with Crippen molar-refractivity contribution in [3.63, 3.8) is 0 Å². The number of carbonyl (C=O) groups excluding carboxylic acids is 1. The number of nitrogens with one attached hydrogen (secondary N) is 1. The van der Waals surface area contributed by atoms with Gasteiger partial charge in [0.05, 0.1) is 0 Å². The normalized spacial score (nSPS) is 42.2. The van der Waals surface area contributed by atoms with E-state index in [1.54, 1.807) is 0 Å². The fraction of sp³-hybridized carbons (Fsp3) is 0.941. The van der Waals surface area contributed by atoms with Crippen LogP contribution >= 0.6 is 0 Å². The molecule has 3 saturated carbocycles. The summed E-state index contributed by atoms with van der Waals surface area (Å²) in [7, 11) is 0. The van der Waals surface area contributed by atoms with Crippen molar-refractivity contribution < 1.29 is 4.79 Å². The minimum absolute atomic E-state index is 0.352. The molecule has 0 unspecified atom stereocenters. The third kappa shape index (κ3) is 2.43. The standard InChI is InChI=1S/C17H29NO/c1-10(2)13-9-8-11(3)14-15(13)16(14)17(19)18-12-6-4-5-7-12/h10-16H,4-9H2,1-3H3,(H,18,19)/t11-,13+,14-,15+,16+/m1/s1. The molecule has 0 bridgehead atoms. The van der Waals surface area contributed by atoms with Crippen LogP contribution in [0.25, 0.3) is 0 Å². The first-order chi connectivity index (χ1) is 9.09. The molecule has 3 rings (SSSR count). The molecule has 0 saturated heterocycles. The summed E-state index contributed by atoms with van der Waals surface area (Å²) in [6.07, 6.45) is 7.68. The Labute approximate surface area is 117 Å². The number of hydrogen-bond acceptors (Lipinski definition) is 1. The first-order valence-electron chi connectivity index (χ1n) is 8.40. The van der Waals surface area contributed by atoms with Crippen molar-refractivity contribution in [3.05, 3.63) is 0 Å². The third-order valence-corrected chi connectivity index (χ3v) is 6.10. The van der Waals surface area contributed by atoms with Crippen LogP contribution in [0.15, 0.2) is 0 Å². The number of amides is 1. The minimum atomic E-state index is 0.352. The van der Waals surface area contributed by atoms with E-state index in [1.165, 1.54) is 38.5 Å². The summed E-state index contributed by atoms with van der Waals surface area (Å²) in [5, 5.41) is 3.34. The second-order valence-electron chi connectivity index (χ2n) is 7.63. The van der Waals surface area contributed by atoms with Crippen LogP contribution in [-0.2, 0) is 4.79 Å². The van der Waals surface area contributed by atoms with Crippen LogP contribution in [0.4, 0.5) is 0 Å². The lowest BCUT2D eigenvalue weighted by atomic mass is 9.77. The van der Waals surface area contributed by atoms with Gasteiger partial charge in [-0.3, -0.25) is 4.79 Å². The lowest BCUT2D eigenvalue weighted by Crippen LogP contribution is -2.34. The molecule has 2 heteroatoms. The van der Waals surface area contributed by atoms with Gasteiger partial charge in [0.1, 0.15) is 0 Å². The van der Waals surface area contributed by atoms with Gasteiger partial charge in [0, 0.05) is 12.0 Å². The molecular formula is C17H29NO. The van der Waals surface area contributed by atoms with E-state index in [2.05, 4.69) is 26.1 Å². The van der Waals surface area contributed by atoms with Crippen LogP contribution in [0.1, 0.15) is 59.3 Å². The van der Waals surface area contributed by atoms with Crippen LogP contribution in [0, 0.1) is 35.5 Å². The quantitative estimate of drug-likeness (QED) is 0.828. The van der Waals surface area contributed by atoms with Gasteiger partial charge >= 0.3 is 0 Å². The van der Waals surface area contributed by atoms with Crippen molar-refractivity contribution in [3.8, 4) is 0 Å². The minimum Gasteiger partial charge on any atom is -0.353 e. The van der Waals surface area contributed by atoms with E-state index in [9.17, 15) is 4.79 Å². The van der Waals surface area contributed by atoms with E-state index in [-0.39, 0.29) is 0 Å². The molecule has 0 spiro atoms. The average molecular weight is 263 g/mol. The lowest BCUT2D eigenvalue weighted by Gasteiger charge is -2.28. The van der Waals surface area contributed by atoms with Crippen molar-refractivity contribution >= 4 is 5.91 Å². The summed E-state index contributed by atoms with van der Waals surface area (Å²) >= 11 is 0. The topological polar surface area (TPSA) is 29.1 Å². The fourth-order valence-corrected chi connectivity index (χ4v) is 4.98. The van der Waals surface area contributed by atoms with Gasteiger partial charge in [0.15, 0.2) is 0 Å². The SMILES string of the molecule is CC(C)[C@@H]1CC[C@@H](C)[C@H]2[C@H](C(=O)NC3CCCC3)[C@H]21. The molecule has 0 radical (unpaired) electrons. The van der Waals surface area contributed by atoms with Crippen LogP contribution in [-0.4, -0.2) is 11.9 Å². The van der Waals surface area contributed by atoms with E-state index in [1.807, 2.05) is 0 Å². The number of hydrogen-bond donors (Lipinski definition) is 1. The molecule has 3 aliphatic carbocycles. The summed E-state index contributed by atoms with van der Waals surface area (Å²) in [5.41, 5.74) is 0. The molecule has 3 aliphatic rings. The maximum absolute atomic E-state index is 12.5. The molecule has 1 amide bonds. The molecule has 19 heavy (non-hydrogen) atoms. The Hall–Kier alpha value is -0.530. The van der Waals surface area contributed by atoms with Gasteiger partial charge < -0.3 is 5.32 Å². The first kappa shape index (κ1) is 13.5. The fourth-order valence-electron chi connectivity index (χ4n) is 4.98. The molecule has 2 nitrogen and oxygen atoms in total. The summed E-state index contributed by atoms with van der Waals surface area (Å²) in [6.45, 7) is 7.03. The van der Waals surface area contributed by atoms with Crippen molar-refractivity contribution in [1.29, 1.82) is 0 Å². The summed E-state index contributed by atoms with van der Waals surface area (Å²) < 4.78 is 0. The van der Waals surface area contributed by atoms with E-state index in [4.69, 9.17) is 0 Å². The summed E-state index contributed by atoms with van der Waals surface area (Å²) in [5.74, 6) is 4.43. The van der Waals surface area contributed by atoms with Gasteiger partial charge in [0.25, 0.3) is 0 Å². The van der Waals surface area contributed by atoms with Gasteiger partial charge in [-0.05, 0) is 48.9 Å². The van der Waals surface area contributed by atoms with Gasteiger partial charge in [-0.1, -0.05) is 40.0 Å².